The summed E-state index contributed by atoms with van der Waals surface area (Å²) in [6.07, 6.45) is 9.87. The van der Waals surface area contributed by atoms with Crippen molar-refractivity contribution in [3.63, 3.8) is 0 Å². The van der Waals surface area contributed by atoms with Gasteiger partial charge < -0.3 is 0 Å². The molecule has 2 nitrogen and oxygen atoms in total. The molecule has 0 aromatic heterocycles. The summed E-state index contributed by atoms with van der Waals surface area (Å²) in [6.45, 7) is 17.7. The Morgan fingerprint density at radius 1 is 0.476 bits per heavy atom. The molecule has 0 N–H and O–H groups in total. The zero-order valence-electron chi connectivity index (χ0n) is 28.3. The quantitative estimate of drug-likeness (QED) is 0.115. The summed E-state index contributed by atoms with van der Waals surface area (Å²) < 4.78 is -0.0478. The summed E-state index contributed by atoms with van der Waals surface area (Å²) in [7, 11) is 0. The molecule has 0 saturated carbocycles. The number of unbranched alkanes of at least 4 members (excludes halogenated alkanes) is 4. The molecular formula is C38H54Li2N2. The maximum absolute atomic E-state index is 2.56. The number of benzene rings is 3. The second-order valence-corrected chi connectivity index (χ2v) is 12.6. The van der Waals surface area contributed by atoms with Crippen molar-refractivity contribution in [1.29, 1.82) is 0 Å². The molecule has 42 heavy (non-hydrogen) atoms. The first-order valence-electron chi connectivity index (χ1n) is 17.1. The van der Waals surface area contributed by atoms with Crippen molar-refractivity contribution in [3.8, 4) is 0 Å². The second-order valence-electron chi connectivity index (χ2n) is 12.6. The monoisotopic (exact) mass is 552 g/mol. The molecule has 4 heteroatoms. The van der Waals surface area contributed by atoms with Crippen LogP contribution in [0.25, 0.3) is 0 Å². The van der Waals surface area contributed by atoms with E-state index in [0.29, 0.717) is 0 Å². The van der Waals surface area contributed by atoms with Gasteiger partial charge in [-0.15, -0.1) is 0 Å². The minimum atomic E-state index is -0.0239. The summed E-state index contributed by atoms with van der Waals surface area (Å²) in [6, 6.07) is 28.7. The van der Waals surface area contributed by atoms with Crippen LogP contribution in [0.4, 0.5) is 11.4 Å². The molecule has 0 fully saturated rings. The molecule has 0 aliphatic heterocycles. The first-order valence-corrected chi connectivity index (χ1v) is 17.1. The van der Waals surface area contributed by atoms with Gasteiger partial charge in [-0.2, -0.15) is 0 Å². The molecule has 3 aromatic rings. The number of hydrogen-bond donors (Lipinski definition) is 0. The molecule has 0 spiro atoms. The molecule has 3 aromatic carbocycles. The van der Waals surface area contributed by atoms with E-state index in [4.69, 9.17) is 0 Å². The van der Waals surface area contributed by atoms with Gasteiger partial charge in [0, 0.05) is 0 Å². The van der Waals surface area contributed by atoms with Crippen LogP contribution in [0.15, 0.2) is 72.8 Å². The van der Waals surface area contributed by atoms with Crippen molar-refractivity contribution < 1.29 is 0 Å². The van der Waals surface area contributed by atoms with Crippen molar-refractivity contribution in [2.45, 2.75) is 101 Å². The molecular weight excluding hydrogens is 498 g/mol. The molecule has 0 radical (unpaired) electrons. The van der Waals surface area contributed by atoms with E-state index in [1.54, 1.807) is 0 Å². The molecule has 0 saturated heterocycles. The Labute approximate surface area is 277 Å². The van der Waals surface area contributed by atoms with Crippen molar-refractivity contribution >= 4 is 46.8 Å². The van der Waals surface area contributed by atoms with Crippen molar-refractivity contribution in [1.82, 2.24) is 0 Å². The fraction of sp³-hybridized carbons (Fsp3) is 0.526. The molecule has 0 bridgehead atoms. The van der Waals surface area contributed by atoms with Crippen LogP contribution in [-0.4, -0.2) is 61.6 Å². The summed E-state index contributed by atoms with van der Waals surface area (Å²) in [5, 5.41) is 0. The van der Waals surface area contributed by atoms with Gasteiger partial charge in [-0.3, -0.25) is 0 Å². The normalized spacial score (nSPS) is 14.3. The topological polar surface area (TPSA) is 6.48 Å². The Bertz CT molecular complexity index is 1090. The van der Waals surface area contributed by atoms with Crippen LogP contribution in [-0.2, 0) is 8.18 Å². The van der Waals surface area contributed by atoms with Crippen LogP contribution in [0, 0.1) is 0 Å². The van der Waals surface area contributed by atoms with E-state index in [0.717, 1.165) is 26.2 Å². The van der Waals surface area contributed by atoms with E-state index < -0.39 is 0 Å². The van der Waals surface area contributed by atoms with Crippen LogP contribution in [0.1, 0.15) is 115 Å². The summed E-state index contributed by atoms with van der Waals surface area (Å²) in [4.78, 5) is 4.87. The second kappa shape index (κ2) is 17.1. The van der Waals surface area contributed by atoms with Gasteiger partial charge in [-0.1, -0.05) is 0 Å². The van der Waals surface area contributed by atoms with Gasteiger partial charge in [-0.25, -0.2) is 0 Å². The third kappa shape index (κ3) is 8.33. The average Bonchev–Trinajstić information content (AvgIpc) is 3.03. The van der Waals surface area contributed by atoms with E-state index in [-0.39, 0.29) is 8.18 Å². The third-order valence-electron chi connectivity index (χ3n) is 9.96. The van der Waals surface area contributed by atoms with Crippen molar-refractivity contribution in [2.24, 2.45) is 0 Å². The molecule has 2 atom stereocenters. The van der Waals surface area contributed by atoms with Crippen LogP contribution < -0.4 is 9.80 Å². The van der Waals surface area contributed by atoms with Gasteiger partial charge in [0.25, 0.3) is 0 Å². The zero-order valence-corrected chi connectivity index (χ0v) is 28.3. The molecule has 0 amide bonds. The summed E-state index contributed by atoms with van der Waals surface area (Å²) in [5.74, 6) is 0. The maximum atomic E-state index is 2.56. The Kier molecular flexibility index (Phi) is 14.2. The van der Waals surface area contributed by atoms with Crippen LogP contribution in [0.3, 0.4) is 0 Å². The molecule has 0 aliphatic carbocycles. The van der Waals surface area contributed by atoms with Gasteiger partial charge in [0.2, 0.25) is 0 Å². The summed E-state index contributed by atoms with van der Waals surface area (Å²) in [5.41, 5.74) is 8.42. The average molecular weight is 553 g/mol. The molecule has 218 valence electrons. The number of rotatable bonds is 18. The predicted molar refractivity (Wildman–Crippen MR) is 188 cm³/mol. The number of anilines is 2. The van der Waals surface area contributed by atoms with Crippen LogP contribution in [0.5, 0.6) is 0 Å². The van der Waals surface area contributed by atoms with E-state index in [1.807, 2.05) is 0 Å². The molecule has 0 aliphatic rings. The Hall–Kier alpha value is -1.55. The van der Waals surface area contributed by atoms with Crippen molar-refractivity contribution in [3.05, 3.63) is 95.1 Å². The Morgan fingerprint density at radius 2 is 0.833 bits per heavy atom. The van der Waals surface area contributed by atoms with Crippen molar-refractivity contribution in [2.75, 3.05) is 36.0 Å². The first-order chi connectivity index (χ1) is 20.3. The zero-order chi connectivity index (χ0) is 30.6. The van der Waals surface area contributed by atoms with E-state index in [9.17, 15) is 0 Å². The fourth-order valence-corrected chi connectivity index (χ4v) is 6.83. The van der Waals surface area contributed by atoms with Crippen LogP contribution >= 0.6 is 0 Å². The van der Waals surface area contributed by atoms with E-state index in [2.05, 4.69) is 160 Å². The predicted octanol–water partition coefficient (Wildman–Crippen LogP) is 9.36. The minimum absolute atomic E-state index is 0.0239. The molecule has 3 rings (SSSR count). The van der Waals surface area contributed by atoms with Gasteiger partial charge in [0.15, 0.2) is 0 Å². The number of hydrogen-bond acceptors (Lipinski definition) is 2. The van der Waals surface area contributed by atoms with E-state index >= 15 is 0 Å². The Balaban J connectivity index is 2.08. The van der Waals surface area contributed by atoms with E-state index in [1.165, 1.54) is 85.0 Å². The first kappa shape index (κ1) is 34.9. The Morgan fingerprint density at radius 3 is 1.14 bits per heavy atom. The van der Waals surface area contributed by atoms with Gasteiger partial charge in [0.1, 0.15) is 0 Å². The van der Waals surface area contributed by atoms with Gasteiger partial charge >= 0.3 is 279 Å². The fourth-order valence-electron chi connectivity index (χ4n) is 6.83. The molecule has 0 heterocycles. The standard InChI is InChI=1S/C38H54N2.2Li/c1-7-13-15-20-37(31-22-26-35(27-23-31)39(9-3)10-4)33-18-17-19-34(30-33)38(21-16-14-8-2)32-24-28-36(29-25-32)40(11-5)12-6;;/h17-19,22-30H,7-16,20-21H2,1-6H3;;. The number of nitrogens with zero attached hydrogens (tertiary/aromatic N) is 2. The van der Waals surface area contributed by atoms with Crippen LogP contribution in [0.2, 0.25) is 0 Å². The van der Waals surface area contributed by atoms with Gasteiger partial charge in [0.05, 0.1) is 0 Å². The third-order valence-corrected chi connectivity index (χ3v) is 9.96. The SMILES string of the molecule is [Li][C](CCCCC)(c1ccc(N(CC)CC)cc1)c1cccc([C]([Li])(CCCCC)c2ccc(N(CC)CC)cc2)c1. The van der Waals surface area contributed by atoms with Gasteiger partial charge in [-0.05, 0) is 0 Å². The summed E-state index contributed by atoms with van der Waals surface area (Å²) >= 11 is 4.98. The molecule has 2 unspecified atom stereocenters.